The summed E-state index contributed by atoms with van der Waals surface area (Å²) in [5.74, 6) is 0.599. The van der Waals surface area contributed by atoms with Gasteiger partial charge in [0.2, 0.25) is 10.0 Å². The molecule has 1 N–H and O–H groups in total. The monoisotopic (exact) mass is 497 g/mol. The average Bonchev–Trinajstić information content (AvgIpc) is 2.88. The summed E-state index contributed by atoms with van der Waals surface area (Å²) in [4.78, 5) is 12.2. The Kier molecular flexibility index (Phi) is 8.82. The molecule has 184 valence electrons. The molecule has 0 saturated heterocycles. The van der Waals surface area contributed by atoms with Crippen molar-refractivity contribution >= 4 is 22.1 Å². The Bertz CT molecular complexity index is 1260. The second-order valence-electron chi connectivity index (χ2n) is 7.41. The molecule has 9 nitrogen and oxygen atoms in total. The van der Waals surface area contributed by atoms with Gasteiger partial charge in [0.1, 0.15) is 28.8 Å². The second kappa shape index (κ2) is 12.0. The van der Waals surface area contributed by atoms with E-state index in [1.165, 1.54) is 39.6 Å². The van der Waals surface area contributed by atoms with Crippen molar-refractivity contribution in [3.05, 3.63) is 83.9 Å². The van der Waals surface area contributed by atoms with Crippen molar-refractivity contribution in [1.29, 1.82) is 0 Å². The molecule has 0 spiro atoms. The summed E-state index contributed by atoms with van der Waals surface area (Å²) >= 11 is 0. The van der Waals surface area contributed by atoms with Crippen molar-refractivity contribution in [2.45, 2.75) is 11.5 Å². The summed E-state index contributed by atoms with van der Waals surface area (Å²) in [6, 6.07) is 21.4. The fraction of sp³-hybridized carbons (Fsp3) is 0.200. The van der Waals surface area contributed by atoms with Gasteiger partial charge in [0.15, 0.2) is 0 Å². The highest BCUT2D eigenvalue weighted by atomic mass is 32.2. The summed E-state index contributed by atoms with van der Waals surface area (Å²) in [6.07, 6.45) is 1.46. The number of hydrazone groups is 1. The summed E-state index contributed by atoms with van der Waals surface area (Å²) in [5.41, 5.74) is 4.14. The van der Waals surface area contributed by atoms with Crippen molar-refractivity contribution in [3.63, 3.8) is 0 Å². The smallest absolute Gasteiger partial charge is 0.255 e. The van der Waals surface area contributed by atoms with Crippen LogP contribution in [-0.4, -0.2) is 52.7 Å². The molecule has 0 bridgehead atoms. The third kappa shape index (κ3) is 7.05. The van der Waals surface area contributed by atoms with Gasteiger partial charge in [-0.15, -0.1) is 0 Å². The summed E-state index contributed by atoms with van der Waals surface area (Å²) in [7, 11) is 0.0766. The lowest BCUT2D eigenvalue weighted by Gasteiger charge is -2.18. The van der Waals surface area contributed by atoms with Crippen LogP contribution in [0.2, 0.25) is 0 Å². The number of likely N-dealkylation sites (N-methyl/N-ethyl adjacent to an activating group) is 1. The molecule has 10 heteroatoms. The van der Waals surface area contributed by atoms with Crippen LogP contribution in [0.3, 0.4) is 0 Å². The second-order valence-corrected chi connectivity index (χ2v) is 9.43. The molecule has 35 heavy (non-hydrogen) atoms. The molecule has 0 heterocycles. The first-order valence-electron chi connectivity index (χ1n) is 10.6. The lowest BCUT2D eigenvalue weighted by molar-refractivity contribution is -0.121. The van der Waals surface area contributed by atoms with Crippen LogP contribution in [0.1, 0.15) is 11.1 Å². The largest absolute Gasteiger partial charge is 0.497 e. The third-order valence-corrected chi connectivity index (χ3v) is 6.78. The normalized spacial score (nSPS) is 11.4. The van der Waals surface area contributed by atoms with Crippen LogP contribution in [0.5, 0.6) is 17.2 Å². The molecule has 0 aromatic heterocycles. The summed E-state index contributed by atoms with van der Waals surface area (Å²) in [6.45, 7) is 0.0225. The molecule has 0 saturated carbocycles. The van der Waals surface area contributed by atoms with E-state index in [1.807, 2.05) is 30.3 Å². The van der Waals surface area contributed by atoms with Gasteiger partial charge in [-0.1, -0.05) is 30.3 Å². The molecule has 3 aromatic rings. The van der Waals surface area contributed by atoms with E-state index in [4.69, 9.17) is 14.2 Å². The van der Waals surface area contributed by atoms with Crippen LogP contribution in [0.4, 0.5) is 0 Å². The number of nitrogens with one attached hydrogen (secondary N) is 1. The Balaban J connectivity index is 1.54. The van der Waals surface area contributed by atoms with Gasteiger partial charge in [-0.25, -0.2) is 13.8 Å². The highest BCUT2D eigenvalue weighted by molar-refractivity contribution is 7.89. The van der Waals surface area contributed by atoms with Crippen molar-refractivity contribution in [2.75, 3.05) is 27.8 Å². The van der Waals surface area contributed by atoms with E-state index in [2.05, 4.69) is 10.5 Å². The van der Waals surface area contributed by atoms with Crippen LogP contribution in [0.15, 0.2) is 82.8 Å². The predicted octanol–water partition coefficient (Wildman–Crippen LogP) is 3.05. The summed E-state index contributed by atoms with van der Waals surface area (Å²) < 4.78 is 42.8. The number of rotatable bonds is 11. The zero-order valence-corrected chi connectivity index (χ0v) is 20.5. The Morgan fingerprint density at radius 2 is 1.66 bits per heavy atom. The van der Waals surface area contributed by atoms with Crippen LogP contribution in [0.25, 0.3) is 0 Å². The average molecular weight is 498 g/mol. The van der Waals surface area contributed by atoms with Gasteiger partial charge in [-0.3, -0.25) is 4.79 Å². The highest BCUT2D eigenvalue weighted by Crippen LogP contribution is 2.30. The molecular formula is C25H27N3O6S. The zero-order valence-electron chi connectivity index (χ0n) is 19.7. The quantitative estimate of drug-likeness (QED) is 0.322. The number of ether oxygens (including phenoxy) is 3. The number of hydrogen-bond donors (Lipinski definition) is 1. The first kappa shape index (κ1) is 25.7. The molecule has 0 aliphatic heterocycles. The molecule has 0 aliphatic rings. The van der Waals surface area contributed by atoms with E-state index >= 15 is 0 Å². The van der Waals surface area contributed by atoms with E-state index in [1.54, 1.807) is 30.3 Å². The predicted molar refractivity (Wildman–Crippen MR) is 132 cm³/mol. The van der Waals surface area contributed by atoms with Crippen LogP contribution in [0, 0.1) is 0 Å². The lowest BCUT2D eigenvalue weighted by Crippen LogP contribution is -2.36. The molecule has 0 radical (unpaired) electrons. The molecule has 0 unspecified atom stereocenters. The third-order valence-electron chi connectivity index (χ3n) is 4.96. The van der Waals surface area contributed by atoms with Gasteiger partial charge >= 0.3 is 0 Å². The SMILES string of the molecule is COc1ccc(OC)c(S(=O)(=O)N(C)CC(=O)NN=Cc2ccc(OCc3ccccc3)cc2)c1. The van der Waals surface area contributed by atoms with E-state index < -0.39 is 22.5 Å². The Morgan fingerprint density at radius 1 is 0.971 bits per heavy atom. The van der Waals surface area contributed by atoms with E-state index in [0.717, 1.165) is 15.4 Å². The van der Waals surface area contributed by atoms with E-state index in [-0.39, 0.29) is 10.6 Å². The molecule has 3 rings (SSSR count). The fourth-order valence-corrected chi connectivity index (χ4v) is 4.34. The van der Waals surface area contributed by atoms with Gasteiger partial charge in [0.05, 0.1) is 27.0 Å². The number of amides is 1. The van der Waals surface area contributed by atoms with E-state index in [0.29, 0.717) is 18.1 Å². The van der Waals surface area contributed by atoms with Gasteiger partial charge < -0.3 is 14.2 Å². The number of sulfonamides is 1. The maximum atomic E-state index is 12.9. The molecule has 3 aromatic carbocycles. The van der Waals surface area contributed by atoms with Gasteiger partial charge in [0.25, 0.3) is 5.91 Å². The fourth-order valence-electron chi connectivity index (χ4n) is 3.05. The number of hydrogen-bond acceptors (Lipinski definition) is 7. The van der Waals surface area contributed by atoms with Crippen LogP contribution in [-0.2, 0) is 21.4 Å². The highest BCUT2D eigenvalue weighted by Gasteiger charge is 2.27. The molecule has 0 atom stereocenters. The first-order valence-corrected chi connectivity index (χ1v) is 12.0. The van der Waals surface area contributed by atoms with Gasteiger partial charge in [-0.2, -0.15) is 9.41 Å². The van der Waals surface area contributed by atoms with Crippen LogP contribution < -0.4 is 19.6 Å². The Morgan fingerprint density at radius 3 is 2.31 bits per heavy atom. The standard InChI is InChI=1S/C25H27N3O6S/c1-28(35(30,31)24-15-22(32-2)13-14-23(24)33-3)17-25(29)27-26-16-19-9-11-21(12-10-19)34-18-20-7-5-4-6-8-20/h4-16H,17-18H2,1-3H3,(H,27,29). The van der Waals surface area contributed by atoms with Gasteiger partial charge in [0, 0.05) is 13.1 Å². The van der Waals surface area contributed by atoms with Crippen molar-refractivity contribution in [3.8, 4) is 17.2 Å². The molecular weight excluding hydrogens is 470 g/mol. The Hall–Kier alpha value is -3.89. The van der Waals surface area contributed by atoms with E-state index in [9.17, 15) is 13.2 Å². The topological polar surface area (TPSA) is 107 Å². The number of benzene rings is 3. The number of carbonyl (C=O) groups excluding carboxylic acids is 1. The van der Waals surface area contributed by atoms with Crippen molar-refractivity contribution in [1.82, 2.24) is 9.73 Å². The minimum Gasteiger partial charge on any atom is -0.497 e. The van der Waals surface area contributed by atoms with Crippen LogP contribution >= 0.6 is 0 Å². The van der Waals surface area contributed by atoms with Crippen molar-refractivity contribution in [2.24, 2.45) is 5.10 Å². The molecule has 0 fully saturated rings. The molecule has 0 aliphatic carbocycles. The lowest BCUT2D eigenvalue weighted by atomic mass is 10.2. The minimum absolute atomic E-state index is 0.104. The summed E-state index contributed by atoms with van der Waals surface area (Å²) in [5, 5.41) is 3.90. The molecule has 1 amide bonds. The first-order chi connectivity index (χ1) is 16.8. The number of nitrogens with zero attached hydrogens (tertiary/aromatic N) is 2. The maximum Gasteiger partial charge on any atom is 0.255 e. The Labute approximate surface area is 205 Å². The maximum absolute atomic E-state index is 12.9. The number of methoxy groups -OCH3 is 2. The minimum atomic E-state index is -4.02. The van der Waals surface area contributed by atoms with Gasteiger partial charge in [-0.05, 0) is 47.5 Å². The number of carbonyl (C=O) groups is 1. The van der Waals surface area contributed by atoms with Crippen molar-refractivity contribution < 1.29 is 27.4 Å². The zero-order chi connectivity index (χ0) is 25.3.